The maximum absolute atomic E-state index is 10.6. The minimum absolute atomic E-state index is 0.350. The Kier molecular flexibility index (Phi) is 4.66. The Morgan fingerprint density at radius 3 is 2.36 bits per heavy atom. The van der Waals surface area contributed by atoms with E-state index in [0.29, 0.717) is 18.4 Å². The molecule has 0 aromatic heterocycles. The van der Waals surface area contributed by atoms with Gasteiger partial charge in [0.25, 0.3) is 0 Å². The van der Waals surface area contributed by atoms with Crippen LogP contribution in [0.4, 0.5) is 4.79 Å². The lowest BCUT2D eigenvalue weighted by atomic mass is 10.00. The van der Waals surface area contributed by atoms with E-state index in [4.69, 9.17) is 4.74 Å². The van der Waals surface area contributed by atoms with Gasteiger partial charge in [0.1, 0.15) is 0 Å². The predicted molar refractivity (Wildman–Crippen MR) is 44.4 cm³/mol. The van der Waals surface area contributed by atoms with Crippen LogP contribution in [0.2, 0.25) is 0 Å². The second-order valence-corrected chi connectivity index (χ2v) is 3.07. The molecule has 0 fully saturated rings. The quantitative estimate of drug-likeness (QED) is 0.679. The third-order valence-electron chi connectivity index (χ3n) is 1.82. The highest BCUT2D eigenvalue weighted by Crippen LogP contribution is 2.09. The first-order valence-electron chi connectivity index (χ1n) is 3.92. The Morgan fingerprint density at radius 2 is 2.00 bits per heavy atom. The van der Waals surface area contributed by atoms with Crippen molar-refractivity contribution in [2.24, 2.45) is 11.8 Å². The van der Waals surface area contributed by atoms with E-state index in [-0.39, 0.29) is 6.09 Å². The summed E-state index contributed by atoms with van der Waals surface area (Å²) in [5, 5.41) is 2.40. The fourth-order valence-electron chi connectivity index (χ4n) is 0.472. The van der Waals surface area contributed by atoms with Crippen molar-refractivity contribution >= 4 is 6.09 Å². The molecule has 66 valence electrons. The van der Waals surface area contributed by atoms with Crippen molar-refractivity contribution in [1.29, 1.82) is 0 Å². The SMILES string of the molecule is CNC(=O)OCC(C)C(C)C. The van der Waals surface area contributed by atoms with Gasteiger partial charge in [-0.25, -0.2) is 4.79 Å². The van der Waals surface area contributed by atoms with Crippen molar-refractivity contribution in [2.75, 3.05) is 13.7 Å². The highest BCUT2D eigenvalue weighted by Gasteiger charge is 2.08. The highest BCUT2D eigenvalue weighted by atomic mass is 16.5. The molecule has 0 aromatic carbocycles. The Hall–Kier alpha value is -0.730. The topological polar surface area (TPSA) is 38.3 Å². The average Bonchev–Trinajstić information content (AvgIpc) is 1.99. The molecule has 0 radical (unpaired) electrons. The molecule has 0 aromatic rings. The number of hydrogen-bond donors (Lipinski definition) is 1. The fourth-order valence-corrected chi connectivity index (χ4v) is 0.472. The number of rotatable bonds is 3. The molecule has 0 heterocycles. The van der Waals surface area contributed by atoms with E-state index < -0.39 is 0 Å². The number of nitrogens with one attached hydrogen (secondary N) is 1. The molecule has 1 N–H and O–H groups in total. The van der Waals surface area contributed by atoms with E-state index >= 15 is 0 Å². The summed E-state index contributed by atoms with van der Waals surface area (Å²) in [6.45, 7) is 6.78. The summed E-state index contributed by atoms with van der Waals surface area (Å²) >= 11 is 0. The van der Waals surface area contributed by atoms with Crippen molar-refractivity contribution in [3.63, 3.8) is 0 Å². The average molecular weight is 159 g/mol. The van der Waals surface area contributed by atoms with Crippen molar-refractivity contribution in [1.82, 2.24) is 5.32 Å². The molecule has 0 rings (SSSR count). The van der Waals surface area contributed by atoms with Gasteiger partial charge in [0.05, 0.1) is 6.61 Å². The van der Waals surface area contributed by atoms with Crippen molar-refractivity contribution < 1.29 is 9.53 Å². The first kappa shape index (κ1) is 10.3. The van der Waals surface area contributed by atoms with Crippen LogP contribution in [0.25, 0.3) is 0 Å². The van der Waals surface area contributed by atoms with Gasteiger partial charge in [-0.05, 0) is 11.8 Å². The molecule has 3 heteroatoms. The Morgan fingerprint density at radius 1 is 1.45 bits per heavy atom. The largest absolute Gasteiger partial charge is 0.449 e. The normalized spacial score (nSPS) is 12.8. The van der Waals surface area contributed by atoms with Gasteiger partial charge in [-0.15, -0.1) is 0 Å². The molecular weight excluding hydrogens is 142 g/mol. The summed E-state index contributed by atoms with van der Waals surface area (Å²) in [5.74, 6) is 0.979. The minimum Gasteiger partial charge on any atom is -0.449 e. The van der Waals surface area contributed by atoms with Gasteiger partial charge in [-0.3, -0.25) is 0 Å². The number of amides is 1. The van der Waals surface area contributed by atoms with E-state index in [1.54, 1.807) is 7.05 Å². The van der Waals surface area contributed by atoms with Crippen molar-refractivity contribution in [3.8, 4) is 0 Å². The molecular formula is C8H17NO2. The second-order valence-electron chi connectivity index (χ2n) is 3.07. The van der Waals surface area contributed by atoms with Crippen LogP contribution in [0, 0.1) is 11.8 Å². The van der Waals surface area contributed by atoms with Crippen LogP contribution in [0.3, 0.4) is 0 Å². The smallest absolute Gasteiger partial charge is 0.406 e. The van der Waals surface area contributed by atoms with Gasteiger partial charge < -0.3 is 10.1 Å². The lowest BCUT2D eigenvalue weighted by Crippen LogP contribution is -2.23. The van der Waals surface area contributed by atoms with Crippen molar-refractivity contribution in [2.45, 2.75) is 20.8 Å². The van der Waals surface area contributed by atoms with Gasteiger partial charge >= 0.3 is 6.09 Å². The zero-order chi connectivity index (χ0) is 8.85. The predicted octanol–water partition coefficient (Wildman–Crippen LogP) is 1.63. The van der Waals surface area contributed by atoms with Crippen LogP contribution in [0.5, 0.6) is 0 Å². The maximum atomic E-state index is 10.6. The van der Waals surface area contributed by atoms with Crippen LogP contribution < -0.4 is 5.32 Å². The summed E-state index contributed by atoms with van der Waals surface area (Å²) in [6.07, 6.45) is -0.350. The first-order chi connectivity index (χ1) is 5.07. The molecule has 0 spiro atoms. The van der Waals surface area contributed by atoms with Crippen LogP contribution in [-0.4, -0.2) is 19.7 Å². The minimum atomic E-state index is -0.350. The van der Waals surface area contributed by atoms with Gasteiger partial charge in [0, 0.05) is 7.05 Å². The van der Waals surface area contributed by atoms with E-state index in [1.165, 1.54) is 0 Å². The third-order valence-corrected chi connectivity index (χ3v) is 1.82. The summed E-state index contributed by atoms with van der Waals surface area (Å²) in [6, 6.07) is 0. The Labute approximate surface area is 68.1 Å². The summed E-state index contributed by atoms with van der Waals surface area (Å²) in [5.41, 5.74) is 0. The van der Waals surface area contributed by atoms with Gasteiger partial charge in [-0.2, -0.15) is 0 Å². The maximum Gasteiger partial charge on any atom is 0.406 e. The molecule has 0 aliphatic carbocycles. The number of carbonyl (C=O) groups is 1. The van der Waals surface area contributed by atoms with E-state index in [1.807, 2.05) is 0 Å². The van der Waals surface area contributed by atoms with E-state index in [0.717, 1.165) is 0 Å². The van der Waals surface area contributed by atoms with Crippen LogP contribution in [0.15, 0.2) is 0 Å². The van der Waals surface area contributed by atoms with Gasteiger partial charge in [0.15, 0.2) is 0 Å². The number of alkyl carbamates (subject to hydrolysis) is 1. The number of hydrogen-bond acceptors (Lipinski definition) is 2. The fraction of sp³-hybridized carbons (Fsp3) is 0.875. The summed E-state index contributed by atoms with van der Waals surface area (Å²) in [4.78, 5) is 10.6. The molecule has 11 heavy (non-hydrogen) atoms. The van der Waals surface area contributed by atoms with Crippen LogP contribution in [-0.2, 0) is 4.74 Å². The monoisotopic (exact) mass is 159 g/mol. The molecule has 0 saturated carbocycles. The number of ether oxygens (including phenoxy) is 1. The zero-order valence-electron chi connectivity index (χ0n) is 7.68. The molecule has 0 bridgehead atoms. The molecule has 0 saturated heterocycles. The lowest BCUT2D eigenvalue weighted by Gasteiger charge is -2.14. The molecule has 0 aliphatic heterocycles. The van der Waals surface area contributed by atoms with Crippen LogP contribution in [0.1, 0.15) is 20.8 Å². The van der Waals surface area contributed by atoms with E-state index in [2.05, 4.69) is 26.1 Å². The zero-order valence-corrected chi connectivity index (χ0v) is 7.68. The second kappa shape index (κ2) is 4.99. The Balaban J connectivity index is 3.45. The first-order valence-corrected chi connectivity index (χ1v) is 3.92. The summed E-state index contributed by atoms with van der Waals surface area (Å²) in [7, 11) is 1.56. The lowest BCUT2D eigenvalue weighted by molar-refractivity contribution is 0.121. The van der Waals surface area contributed by atoms with Gasteiger partial charge in [-0.1, -0.05) is 20.8 Å². The third kappa shape index (κ3) is 4.65. The molecule has 3 nitrogen and oxygen atoms in total. The standard InChI is InChI=1S/C8H17NO2/c1-6(2)7(3)5-11-8(10)9-4/h6-7H,5H2,1-4H3,(H,9,10). The molecule has 1 unspecified atom stereocenters. The van der Waals surface area contributed by atoms with Crippen LogP contribution >= 0.6 is 0 Å². The van der Waals surface area contributed by atoms with E-state index in [9.17, 15) is 4.79 Å². The van der Waals surface area contributed by atoms with Crippen molar-refractivity contribution in [3.05, 3.63) is 0 Å². The molecule has 1 amide bonds. The molecule has 0 aliphatic rings. The Bertz CT molecular complexity index is 123. The van der Waals surface area contributed by atoms with Gasteiger partial charge in [0.2, 0.25) is 0 Å². The highest BCUT2D eigenvalue weighted by molar-refractivity contribution is 5.66. The number of carbonyl (C=O) groups excluding carboxylic acids is 1. The summed E-state index contributed by atoms with van der Waals surface area (Å²) < 4.78 is 4.86. The molecule has 1 atom stereocenters.